The molecule has 0 saturated heterocycles. The number of aliphatic hydroxyl groups is 2. The average molecular weight is 639 g/mol. The Kier molecular flexibility index (Phi) is 12.0. The molecule has 47 heavy (non-hydrogen) atoms. The standard InChI is InChI=1S/C38H46N4O5/c1-42(27-30-25-40-37(47-30)38(46,28-15-9-7-10-16-28)29-17-11-8-12-18-29)24-14-6-4-2-3-5-13-23-39-26-34(44)31-19-21-33(43)36-32(31)20-22-35(45)41-36/h7-12,15-22,25,34,39,43-44,46H,2-6,13-14,23-24,26-27H2,1H3,(H,41,45). The highest BCUT2D eigenvalue weighted by molar-refractivity contribution is 5.87. The van der Waals surface area contributed by atoms with Crippen molar-refractivity contribution < 1.29 is 19.7 Å². The lowest BCUT2D eigenvalue weighted by Crippen LogP contribution is -2.29. The molecule has 1 atom stereocenters. The van der Waals surface area contributed by atoms with Gasteiger partial charge in [-0.1, -0.05) is 98.8 Å². The number of unbranched alkanes of at least 4 members (excludes halogenated alkanes) is 6. The first-order valence-electron chi connectivity index (χ1n) is 16.6. The lowest BCUT2D eigenvalue weighted by molar-refractivity contribution is 0.0900. The number of nitrogens with one attached hydrogen (secondary N) is 2. The first kappa shape index (κ1) is 34.1. The molecule has 0 aliphatic rings. The minimum absolute atomic E-state index is 0.00733. The van der Waals surface area contributed by atoms with Gasteiger partial charge < -0.3 is 30.0 Å². The molecule has 248 valence electrons. The van der Waals surface area contributed by atoms with Gasteiger partial charge >= 0.3 is 0 Å². The van der Waals surface area contributed by atoms with Crippen LogP contribution < -0.4 is 10.9 Å². The molecule has 5 aromatic rings. The third-order valence-electron chi connectivity index (χ3n) is 8.67. The van der Waals surface area contributed by atoms with E-state index in [0.29, 0.717) is 40.7 Å². The molecule has 0 bridgehead atoms. The number of phenolic OH excluding ortho intramolecular Hbond substituents is 1. The number of aliphatic hydroxyl groups excluding tert-OH is 1. The lowest BCUT2D eigenvalue weighted by Gasteiger charge is -2.26. The second-order valence-electron chi connectivity index (χ2n) is 12.3. The maximum atomic E-state index is 11.9. The Morgan fingerprint density at radius 1 is 0.872 bits per heavy atom. The third kappa shape index (κ3) is 8.75. The van der Waals surface area contributed by atoms with E-state index in [1.165, 1.54) is 37.8 Å². The summed E-state index contributed by atoms with van der Waals surface area (Å²) < 4.78 is 6.15. The summed E-state index contributed by atoms with van der Waals surface area (Å²) in [6, 6.07) is 25.3. The predicted molar refractivity (Wildman–Crippen MR) is 184 cm³/mol. The Morgan fingerprint density at radius 3 is 2.19 bits per heavy atom. The molecule has 2 aromatic heterocycles. The number of aromatic amines is 1. The fourth-order valence-electron chi connectivity index (χ4n) is 6.08. The van der Waals surface area contributed by atoms with Crippen LogP contribution in [0, 0.1) is 0 Å². The van der Waals surface area contributed by atoms with Gasteiger partial charge in [-0.15, -0.1) is 0 Å². The predicted octanol–water partition coefficient (Wildman–Crippen LogP) is 5.99. The molecule has 0 aliphatic heterocycles. The van der Waals surface area contributed by atoms with Crippen LogP contribution in [0.1, 0.15) is 79.4 Å². The number of rotatable bonds is 18. The Morgan fingerprint density at radius 2 is 1.51 bits per heavy atom. The number of hydrogen-bond acceptors (Lipinski definition) is 8. The monoisotopic (exact) mass is 638 g/mol. The summed E-state index contributed by atoms with van der Waals surface area (Å²) >= 11 is 0. The molecule has 0 saturated carbocycles. The van der Waals surface area contributed by atoms with E-state index in [1.54, 1.807) is 18.3 Å². The van der Waals surface area contributed by atoms with E-state index < -0.39 is 11.7 Å². The summed E-state index contributed by atoms with van der Waals surface area (Å²) in [5, 5.41) is 36.6. The summed E-state index contributed by atoms with van der Waals surface area (Å²) in [6.07, 6.45) is 9.02. The van der Waals surface area contributed by atoms with E-state index in [9.17, 15) is 20.1 Å². The molecular formula is C38H46N4O5. The molecule has 0 aliphatic carbocycles. The molecule has 2 heterocycles. The third-order valence-corrected chi connectivity index (χ3v) is 8.67. The normalized spacial score (nSPS) is 12.6. The summed E-state index contributed by atoms with van der Waals surface area (Å²) in [7, 11) is 2.08. The van der Waals surface area contributed by atoms with E-state index in [4.69, 9.17) is 4.42 Å². The van der Waals surface area contributed by atoms with Gasteiger partial charge in [-0.2, -0.15) is 0 Å². The van der Waals surface area contributed by atoms with Crippen molar-refractivity contribution in [1.82, 2.24) is 20.2 Å². The van der Waals surface area contributed by atoms with E-state index in [2.05, 4.69) is 27.2 Å². The van der Waals surface area contributed by atoms with Gasteiger partial charge in [0.05, 0.1) is 24.4 Å². The molecule has 1 unspecified atom stereocenters. The Balaban J connectivity index is 0.958. The fraction of sp³-hybridized carbons (Fsp3) is 0.368. The zero-order valence-electron chi connectivity index (χ0n) is 27.1. The van der Waals surface area contributed by atoms with E-state index >= 15 is 0 Å². The van der Waals surface area contributed by atoms with Gasteiger partial charge in [-0.05, 0) is 61.8 Å². The van der Waals surface area contributed by atoms with Crippen LogP contribution in [0.25, 0.3) is 10.9 Å². The van der Waals surface area contributed by atoms with Crippen LogP contribution in [0.2, 0.25) is 0 Å². The van der Waals surface area contributed by atoms with Crippen LogP contribution in [-0.4, -0.2) is 56.9 Å². The number of H-pyrrole nitrogens is 1. The molecule has 0 spiro atoms. The second kappa shape index (κ2) is 16.5. The highest BCUT2D eigenvalue weighted by Crippen LogP contribution is 2.36. The van der Waals surface area contributed by atoms with Gasteiger partial charge in [0.2, 0.25) is 11.4 Å². The fourth-order valence-corrected chi connectivity index (χ4v) is 6.08. The average Bonchev–Trinajstić information content (AvgIpc) is 3.56. The quantitative estimate of drug-likeness (QED) is 0.0739. The first-order valence-corrected chi connectivity index (χ1v) is 16.6. The zero-order chi connectivity index (χ0) is 33.1. The van der Waals surface area contributed by atoms with Gasteiger partial charge in [-0.3, -0.25) is 9.69 Å². The van der Waals surface area contributed by atoms with Crippen molar-refractivity contribution in [2.45, 2.75) is 63.2 Å². The SMILES string of the molecule is CN(CCCCCCCCCNCC(O)c1ccc(O)c2[nH]c(=O)ccc12)Cc1cnc(C(O)(c2ccccc2)c2ccccc2)o1. The van der Waals surface area contributed by atoms with E-state index in [1.807, 2.05) is 60.7 Å². The Hall–Kier alpha value is -4.28. The second-order valence-corrected chi connectivity index (χ2v) is 12.3. The number of phenols is 1. The minimum atomic E-state index is -1.47. The number of nitrogens with zero attached hydrogens (tertiary/aromatic N) is 2. The molecular weight excluding hydrogens is 592 g/mol. The highest BCUT2D eigenvalue weighted by Gasteiger charge is 2.38. The number of aromatic nitrogens is 2. The molecule has 0 fully saturated rings. The van der Waals surface area contributed by atoms with Crippen LogP contribution in [0.4, 0.5) is 0 Å². The number of hydrogen-bond donors (Lipinski definition) is 5. The van der Waals surface area contributed by atoms with Crippen molar-refractivity contribution >= 4 is 10.9 Å². The van der Waals surface area contributed by atoms with Gasteiger partial charge in [0.25, 0.3) is 0 Å². The zero-order valence-corrected chi connectivity index (χ0v) is 27.1. The molecule has 9 nitrogen and oxygen atoms in total. The van der Waals surface area contributed by atoms with Crippen LogP contribution in [0.5, 0.6) is 5.75 Å². The van der Waals surface area contributed by atoms with Gasteiger partial charge in [-0.25, -0.2) is 4.98 Å². The number of oxazole rings is 1. The maximum absolute atomic E-state index is 11.9. The van der Waals surface area contributed by atoms with Crippen molar-refractivity contribution in [2.24, 2.45) is 0 Å². The molecule has 5 N–H and O–H groups in total. The van der Waals surface area contributed by atoms with E-state index in [0.717, 1.165) is 38.1 Å². The number of pyridine rings is 1. The van der Waals surface area contributed by atoms with Crippen molar-refractivity contribution in [1.29, 1.82) is 0 Å². The van der Waals surface area contributed by atoms with Crippen molar-refractivity contribution in [3.63, 3.8) is 0 Å². The number of aromatic hydroxyl groups is 1. The Labute approximate surface area is 275 Å². The summed E-state index contributed by atoms with van der Waals surface area (Å²) in [6.45, 7) is 2.81. The molecule has 0 radical (unpaired) electrons. The maximum Gasteiger partial charge on any atom is 0.248 e. The summed E-state index contributed by atoms with van der Waals surface area (Å²) in [5.74, 6) is 0.989. The molecule has 0 amide bonds. The minimum Gasteiger partial charge on any atom is -0.506 e. The number of benzene rings is 3. The van der Waals surface area contributed by atoms with Gasteiger partial charge in [0, 0.05) is 18.0 Å². The summed E-state index contributed by atoms with van der Waals surface area (Å²) in [4.78, 5) is 21.0. The van der Waals surface area contributed by atoms with Crippen molar-refractivity contribution in [2.75, 3.05) is 26.7 Å². The van der Waals surface area contributed by atoms with E-state index in [-0.39, 0.29) is 17.2 Å². The lowest BCUT2D eigenvalue weighted by atomic mass is 9.86. The summed E-state index contributed by atoms with van der Waals surface area (Å²) in [5.41, 5.74) is 0.688. The van der Waals surface area contributed by atoms with Crippen LogP contribution in [0.15, 0.2) is 100 Å². The van der Waals surface area contributed by atoms with Crippen LogP contribution >= 0.6 is 0 Å². The van der Waals surface area contributed by atoms with Crippen molar-refractivity contribution in [3.8, 4) is 5.75 Å². The van der Waals surface area contributed by atoms with Gasteiger partial charge in [0.15, 0.2) is 5.60 Å². The smallest absolute Gasteiger partial charge is 0.248 e. The highest BCUT2D eigenvalue weighted by atomic mass is 16.4. The first-order chi connectivity index (χ1) is 22.9. The van der Waals surface area contributed by atoms with Crippen molar-refractivity contribution in [3.05, 3.63) is 130 Å². The Bertz CT molecular complexity index is 1700. The molecule has 9 heteroatoms. The topological polar surface area (TPSA) is 135 Å². The van der Waals surface area contributed by atoms with Crippen LogP contribution in [-0.2, 0) is 12.1 Å². The van der Waals surface area contributed by atoms with Crippen LogP contribution in [0.3, 0.4) is 0 Å². The molecule has 5 rings (SSSR count). The number of fused-ring (bicyclic) bond motifs is 1. The van der Waals surface area contributed by atoms with Gasteiger partial charge in [0.1, 0.15) is 11.5 Å². The molecule has 3 aromatic carbocycles. The largest absolute Gasteiger partial charge is 0.506 e.